The fourth-order valence-corrected chi connectivity index (χ4v) is 2.14. The third-order valence-corrected chi connectivity index (χ3v) is 3.57. The Balaban J connectivity index is 2.21. The highest BCUT2D eigenvalue weighted by atomic mass is 15.2. The SMILES string of the molecule is CCN(CC1CC1)c1ncccc1C(C)NC. The van der Waals surface area contributed by atoms with Crippen LogP contribution in [0.2, 0.25) is 0 Å². The van der Waals surface area contributed by atoms with Crippen molar-refractivity contribution in [1.29, 1.82) is 0 Å². The first-order valence-corrected chi connectivity index (χ1v) is 6.63. The van der Waals surface area contributed by atoms with Gasteiger partial charge in [-0.25, -0.2) is 4.98 Å². The summed E-state index contributed by atoms with van der Waals surface area (Å²) in [6.45, 7) is 6.60. The van der Waals surface area contributed by atoms with Gasteiger partial charge in [-0.05, 0) is 45.7 Å². The molecule has 1 fully saturated rings. The van der Waals surface area contributed by atoms with Gasteiger partial charge in [0.25, 0.3) is 0 Å². The molecule has 0 bridgehead atoms. The second-order valence-electron chi connectivity index (χ2n) is 4.91. The molecule has 3 nitrogen and oxygen atoms in total. The van der Waals surface area contributed by atoms with Crippen LogP contribution < -0.4 is 10.2 Å². The minimum absolute atomic E-state index is 0.354. The smallest absolute Gasteiger partial charge is 0.133 e. The summed E-state index contributed by atoms with van der Waals surface area (Å²) in [4.78, 5) is 7.00. The van der Waals surface area contributed by atoms with E-state index in [1.54, 1.807) is 0 Å². The molecule has 0 aliphatic heterocycles. The third-order valence-electron chi connectivity index (χ3n) is 3.57. The number of nitrogens with one attached hydrogen (secondary N) is 1. The normalized spacial score (nSPS) is 16.9. The number of hydrogen-bond donors (Lipinski definition) is 1. The zero-order valence-corrected chi connectivity index (χ0v) is 11.1. The van der Waals surface area contributed by atoms with E-state index in [9.17, 15) is 0 Å². The molecule has 0 aromatic carbocycles. The Morgan fingerprint density at radius 2 is 2.29 bits per heavy atom. The first-order chi connectivity index (χ1) is 8.26. The van der Waals surface area contributed by atoms with E-state index in [0.29, 0.717) is 6.04 Å². The minimum atomic E-state index is 0.354. The Morgan fingerprint density at radius 3 is 2.88 bits per heavy atom. The fraction of sp³-hybridized carbons (Fsp3) is 0.643. The Bertz CT molecular complexity index is 360. The van der Waals surface area contributed by atoms with Crippen molar-refractivity contribution >= 4 is 5.82 Å². The third kappa shape index (κ3) is 2.97. The van der Waals surface area contributed by atoms with Crippen molar-refractivity contribution in [3.05, 3.63) is 23.9 Å². The molecule has 17 heavy (non-hydrogen) atoms. The Kier molecular flexibility index (Phi) is 4.00. The molecule has 1 N–H and O–H groups in total. The van der Waals surface area contributed by atoms with Gasteiger partial charge >= 0.3 is 0 Å². The molecule has 1 aromatic rings. The number of nitrogens with zero attached hydrogens (tertiary/aromatic N) is 2. The summed E-state index contributed by atoms with van der Waals surface area (Å²) in [5.74, 6) is 2.05. The summed E-state index contributed by atoms with van der Waals surface area (Å²) in [7, 11) is 2.00. The van der Waals surface area contributed by atoms with Crippen molar-refractivity contribution in [1.82, 2.24) is 10.3 Å². The predicted octanol–water partition coefficient (Wildman–Crippen LogP) is 2.60. The highest BCUT2D eigenvalue weighted by Gasteiger charge is 2.25. The molecular weight excluding hydrogens is 210 g/mol. The summed E-state index contributed by atoms with van der Waals surface area (Å²) >= 11 is 0. The zero-order chi connectivity index (χ0) is 12.3. The molecule has 1 atom stereocenters. The van der Waals surface area contributed by atoms with Crippen LogP contribution in [0.15, 0.2) is 18.3 Å². The highest BCUT2D eigenvalue weighted by molar-refractivity contribution is 5.48. The molecule has 1 aliphatic carbocycles. The van der Waals surface area contributed by atoms with Crippen LogP contribution in [0.1, 0.15) is 38.3 Å². The summed E-state index contributed by atoms with van der Waals surface area (Å²) in [5.41, 5.74) is 1.30. The van der Waals surface area contributed by atoms with Crippen molar-refractivity contribution in [2.45, 2.75) is 32.7 Å². The molecule has 2 rings (SSSR count). The summed E-state index contributed by atoms with van der Waals surface area (Å²) in [6.07, 6.45) is 4.68. The van der Waals surface area contributed by atoms with E-state index in [1.165, 1.54) is 18.4 Å². The van der Waals surface area contributed by atoms with Crippen LogP contribution in [0, 0.1) is 5.92 Å². The van der Waals surface area contributed by atoms with Gasteiger partial charge in [0.05, 0.1) is 0 Å². The quantitative estimate of drug-likeness (QED) is 0.818. The highest BCUT2D eigenvalue weighted by Crippen LogP contribution is 2.32. The van der Waals surface area contributed by atoms with Crippen LogP contribution in [-0.4, -0.2) is 25.1 Å². The van der Waals surface area contributed by atoms with Crippen LogP contribution in [0.25, 0.3) is 0 Å². The van der Waals surface area contributed by atoms with E-state index in [0.717, 1.165) is 24.8 Å². The summed E-state index contributed by atoms with van der Waals surface area (Å²) in [6, 6.07) is 4.56. The van der Waals surface area contributed by atoms with E-state index in [1.807, 2.05) is 19.3 Å². The Hall–Kier alpha value is -1.09. The van der Waals surface area contributed by atoms with E-state index >= 15 is 0 Å². The number of aromatic nitrogens is 1. The van der Waals surface area contributed by atoms with Crippen molar-refractivity contribution in [3.8, 4) is 0 Å². The average molecular weight is 233 g/mol. The minimum Gasteiger partial charge on any atom is -0.356 e. The molecule has 1 aromatic heterocycles. The molecule has 0 spiro atoms. The zero-order valence-electron chi connectivity index (χ0n) is 11.1. The molecule has 0 saturated heterocycles. The lowest BCUT2D eigenvalue weighted by atomic mass is 10.1. The predicted molar refractivity (Wildman–Crippen MR) is 72.3 cm³/mol. The van der Waals surface area contributed by atoms with Crippen LogP contribution in [-0.2, 0) is 0 Å². The Morgan fingerprint density at radius 1 is 1.53 bits per heavy atom. The van der Waals surface area contributed by atoms with Gasteiger partial charge in [0.1, 0.15) is 5.82 Å². The molecule has 0 amide bonds. The lowest BCUT2D eigenvalue weighted by Gasteiger charge is -2.26. The summed E-state index contributed by atoms with van der Waals surface area (Å²) in [5, 5.41) is 3.30. The van der Waals surface area contributed by atoms with Crippen molar-refractivity contribution in [3.63, 3.8) is 0 Å². The molecule has 1 unspecified atom stereocenters. The lowest BCUT2D eigenvalue weighted by molar-refractivity contribution is 0.639. The van der Waals surface area contributed by atoms with Crippen LogP contribution in [0.5, 0.6) is 0 Å². The largest absolute Gasteiger partial charge is 0.356 e. The number of anilines is 1. The maximum atomic E-state index is 4.59. The second kappa shape index (κ2) is 5.50. The van der Waals surface area contributed by atoms with Gasteiger partial charge in [-0.1, -0.05) is 6.07 Å². The lowest BCUT2D eigenvalue weighted by Crippen LogP contribution is -2.28. The van der Waals surface area contributed by atoms with Crippen LogP contribution in [0.4, 0.5) is 5.82 Å². The molecule has 94 valence electrons. The van der Waals surface area contributed by atoms with E-state index in [2.05, 4.69) is 35.1 Å². The number of rotatable bonds is 6. The standard InChI is InChI=1S/C14H23N3/c1-4-17(10-12-7-8-12)14-13(11(2)15-3)6-5-9-16-14/h5-6,9,11-12,15H,4,7-8,10H2,1-3H3. The second-order valence-corrected chi connectivity index (χ2v) is 4.91. The van der Waals surface area contributed by atoms with E-state index < -0.39 is 0 Å². The first kappa shape index (κ1) is 12.4. The van der Waals surface area contributed by atoms with Crippen molar-refractivity contribution in [2.24, 2.45) is 5.92 Å². The number of pyridine rings is 1. The average Bonchev–Trinajstić information content (AvgIpc) is 3.19. The number of hydrogen-bond acceptors (Lipinski definition) is 3. The van der Waals surface area contributed by atoms with Gasteiger partial charge in [-0.15, -0.1) is 0 Å². The summed E-state index contributed by atoms with van der Waals surface area (Å²) < 4.78 is 0. The van der Waals surface area contributed by atoms with E-state index in [-0.39, 0.29) is 0 Å². The maximum absolute atomic E-state index is 4.59. The van der Waals surface area contributed by atoms with Crippen molar-refractivity contribution < 1.29 is 0 Å². The van der Waals surface area contributed by atoms with Crippen molar-refractivity contribution in [2.75, 3.05) is 25.0 Å². The van der Waals surface area contributed by atoms with E-state index in [4.69, 9.17) is 0 Å². The molecule has 1 aliphatic rings. The van der Waals surface area contributed by atoms with Gasteiger partial charge in [0.2, 0.25) is 0 Å². The molecule has 1 saturated carbocycles. The topological polar surface area (TPSA) is 28.2 Å². The first-order valence-electron chi connectivity index (χ1n) is 6.63. The monoisotopic (exact) mass is 233 g/mol. The van der Waals surface area contributed by atoms with Gasteiger partial charge in [0, 0.05) is 30.9 Å². The fourth-order valence-electron chi connectivity index (χ4n) is 2.14. The van der Waals surface area contributed by atoms with Crippen LogP contribution >= 0.6 is 0 Å². The van der Waals surface area contributed by atoms with Gasteiger partial charge in [-0.2, -0.15) is 0 Å². The van der Waals surface area contributed by atoms with Gasteiger partial charge < -0.3 is 10.2 Å². The molecule has 1 heterocycles. The van der Waals surface area contributed by atoms with Gasteiger partial charge in [-0.3, -0.25) is 0 Å². The maximum Gasteiger partial charge on any atom is 0.133 e. The molecular formula is C14H23N3. The van der Waals surface area contributed by atoms with Crippen LogP contribution in [0.3, 0.4) is 0 Å². The molecule has 3 heteroatoms. The van der Waals surface area contributed by atoms with Gasteiger partial charge in [0.15, 0.2) is 0 Å². The Labute approximate surface area is 104 Å². The molecule has 0 radical (unpaired) electrons.